The molecular formula is C12H19NO5. The number of amides is 1. The van der Waals surface area contributed by atoms with Crippen molar-refractivity contribution in [1.29, 1.82) is 0 Å². The van der Waals surface area contributed by atoms with E-state index in [1.807, 2.05) is 0 Å². The Labute approximate surface area is 106 Å². The first-order chi connectivity index (χ1) is 8.19. The van der Waals surface area contributed by atoms with Gasteiger partial charge in [0.2, 0.25) is 5.91 Å². The highest BCUT2D eigenvalue weighted by atomic mass is 16.6. The van der Waals surface area contributed by atoms with Crippen LogP contribution in [0.4, 0.5) is 0 Å². The zero-order chi connectivity index (χ0) is 13.9. The van der Waals surface area contributed by atoms with Gasteiger partial charge in [0.15, 0.2) is 0 Å². The van der Waals surface area contributed by atoms with E-state index in [0.29, 0.717) is 0 Å². The van der Waals surface area contributed by atoms with Crippen molar-refractivity contribution >= 4 is 17.8 Å². The first-order valence-corrected chi connectivity index (χ1v) is 5.94. The van der Waals surface area contributed by atoms with Gasteiger partial charge < -0.3 is 15.2 Å². The number of carbonyl (C=O) groups excluding carboxylic acids is 2. The molecule has 1 amide bonds. The molecule has 6 heteroatoms. The van der Waals surface area contributed by atoms with Crippen molar-refractivity contribution in [3.8, 4) is 0 Å². The minimum Gasteiger partial charge on any atom is -0.480 e. The third-order valence-corrected chi connectivity index (χ3v) is 2.35. The molecule has 1 aliphatic rings. The number of nitrogens with one attached hydrogen (secondary N) is 1. The maximum absolute atomic E-state index is 11.5. The van der Waals surface area contributed by atoms with E-state index in [4.69, 9.17) is 9.84 Å². The van der Waals surface area contributed by atoms with E-state index in [-0.39, 0.29) is 18.2 Å². The standard InChI is InChI=1S/C12H19NO5/c1-12(2,3)18-9(14)6-8(11(16)17)13-10(15)7-4-5-7/h7-8H,4-6H2,1-3H3,(H,13,15)(H,16,17)/t8-/m0/s1. The summed E-state index contributed by atoms with van der Waals surface area (Å²) in [7, 11) is 0. The molecule has 1 atom stereocenters. The highest BCUT2D eigenvalue weighted by Crippen LogP contribution is 2.29. The van der Waals surface area contributed by atoms with Gasteiger partial charge in [-0.25, -0.2) is 4.79 Å². The van der Waals surface area contributed by atoms with E-state index in [9.17, 15) is 14.4 Å². The van der Waals surface area contributed by atoms with Gasteiger partial charge in [-0.3, -0.25) is 9.59 Å². The van der Waals surface area contributed by atoms with Crippen LogP contribution in [-0.4, -0.2) is 34.6 Å². The Balaban J connectivity index is 2.49. The molecule has 1 aliphatic carbocycles. The summed E-state index contributed by atoms with van der Waals surface area (Å²) in [6.45, 7) is 5.09. The SMILES string of the molecule is CC(C)(C)OC(=O)C[C@H](NC(=O)C1CC1)C(=O)O. The van der Waals surface area contributed by atoms with E-state index in [1.54, 1.807) is 20.8 Å². The van der Waals surface area contributed by atoms with E-state index < -0.39 is 23.6 Å². The number of hydrogen-bond acceptors (Lipinski definition) is 4. The second-order valence-electron chi connectivity index (χ2n) is 5.46. The van der Waals surface area contributed by atoms with E-state index in [1.165, 1.54) is 0 Å². The number of rotatable bonds is 5. The van der Waals surface area contributed by atoms with Crippen molar-refractivity contribution in [2.45, 2.75) is 51.7 Å². The molecule has 1 rings (SSSR count). The smallest absolute Gasteiger partial charge is 0.326 e. The van der Waals surface area contributed by atoms with Crippen molar-refractivity contribution in [2.75, 3.05) is 0 Å². The Kier molecular flexibility index (Phi) is 4.32. The number of carboxylic acid groups (broad SMARTS) is 1. The maximum Gasteiger partial charge on any atom is 0.326 e. The third kappa shape index (κ3) is 5.16. The molecule has 0 aliphatic heterocycles. The minimum absolute atomic E-state index is 0.0921. The lowest BCUT2D eigenvalue weighted by atomic mass is 10.1. The normalized spacial score (nSPS) is 16.8. The van der Waals surface area contributed by atoms with E-state index >= 15 is 0 Å². The summed E-state index contributed by atoms with van der Waals surface area (Å²) >= 11 is 0. The van der Waals surface area contributed by atoms with Gasteiger partial charge in [0.05, 0.1) is 6.42 Å². The number of hydrogen-bond donors (Lipinski definition) is 2. The van der Waals surface area contributed by atoms with Crippen LogP contribution in [0.2, 0.25) is 0 Å². The van der Waals surface area contributed by atoms with Crippen LogP contribution in [0.3, 0.4) is 0 Å². The predicted octanol–water partition coefficient (Wildman–Crippen LogP) is 0.698. The molecule has 0 radical (unpaired) electrons. The van der Waals surface area contributed by atoms with Gasteiger partial charge in [0.25, 0.3) is 0 Å². The largest absolute Gasteiger partial charge is 0.480 e. The number of esters is 1. The van der Waals surface area contributed by atoms with Crippen LogP contribution in [-0.2, 0) is 19.1 Å². The van der Waals surface area contributed by atoms with Gasteiger partial charge in [-0.1, -0.05) is 0 Å². The lowest BCUT2D eigenvalue weighted by Gasteiger charge is -2.21. The fourth-order valence-corrected chi connectivity index (χ4v) is 1.39. The van der Waals surface area contributed by atoms with E-state index in [2.05, 4.69) is 5.32 Å². The predicted molar refractivity (Wildman–Crippen MR) is 62.8 cm³/mol. The van der Waals surface area contributed by atoms with Crippen molar-refractivity contribution in [1.82, 2.24) is 5.32 Å². The second kappa shape index (κ2) is 5.37. The highest BCUT2D eigenvalue weighted by molar-refractivity contribution is 5.89. The van der Waals surface area contributed by atoms with Gasteiger partial charge in [-0.2, -0.15) is 0 Å². The number of ether oxygens (including phenoxy) is 1. The molecule has 0 bridgehead atoms. The van der Waals surface area contributed by atoms with Gasteiger partial charge in [0.1, 0.15) is 11.6 Å². The molecule has 0 aromatic rings. The van der Waals surface area contributed by atoms with Crippen molar-refractivity contribution in [3.05, 3.63) is 0 Å². The summed E-state index contributed by atoms with van der Waals surface area (Å²) in [6, 6.07) is -1.21. The van der Waals surface area contributed by atoms with E-state index in [0.717, 1.165) is 12.8 Å². The number of carbonyl (C=O) groups is 3. The summed E-state index contributed by atoms with van der Waals surface area (Å²) in [6.07, 6.45) is 1.21. The molecule has 0 spiro atoms. The first kappa shape index (κ1) is 14.5. The Morgan fingerprint density at radius 1 is 1.33 bits per heavy atom. The highest BCUT2D eigenvalue weighted by Gasteiger charge is 2.34. The van der Waals surface area contributed by atoms with Crippen molar-refractivity contribution in [3.63, 3.8) is 0 Å². The summed E-state index contributed by atoms with van der Waals surface area (Å²) in [5, 5.41) is 11.3. The Morgan fingerprint density at radius 2 is 1.89 bits per heavy atom. The maximum atomic E-state index is 11.5. The summed E-state index contributed by atoms with van der Waals surface area (Å²) in [5.74, 6) is -2.25. The zero-order valence-electron chi connectivity index (χ0n) is 10.9. The minimum atomic E-state index is -1.23. The van der Waals surface area contributed by atoms with Gasteiger partial charge in [0, 0.05) is 5.92 Å². The second-order valence-corrected chi connectivity index (χ2v) is 5.46. The zero-order valence-corrected chi connectivity index (χ0v) is 10.9. The molecule has 1 saturated carbocycles. The summed E-state index contributed by atoms with van der Waals surface area (Å²) in [5.41, 5.74) is -0.666. The van der Waals surface area contributed by atoms with Crippen LogP contribution in [0.25, 0.3) is 0 Å². The monoisotopic (exact) mass is 257 g/mol. The van der Waals surface area contributed by atoms with Gasteiger partial charge in [-0.05, 0) is 33.6 Å². The quantitative estimate of drug-likeness (QED) is 0.707. The average molecular weight is 257 g/mol. The van der Waals surface area contributed by atoms with Crippen molar-refractivity contribution < 1.29 is 24.2 Å². The molecule has 0 heterocycles. The molecule has 1 fully saturated rings. The average Bonchev–Trinajstić information content (AvgIpc) is 2.95. The Hall–Kier alpha value is -1.59. The fourth-order valence-electron chi connectivity index (χ4n) is 1.39. The summed E-state index contributed by atoms with van der Waals surface area (Å²) in [4.78, 5) is 33.9. The number of carboxylic acids is 1. The Bertz CT molecular complexity index is 354. The molecule has 2 N–H and O–H groups in total. The van der Waals surface area contributed by atoms with Crippen LogP contribution < -0.4 is 5.32 Å². The molecule has 6 nitrogen and oxygen atoms in total. The lowest BCUT2D eigenvalue weighted by molar-refractivity contribution is -0.158. The first-order valence-electron chi connectivity index (χ1n) is 5.94. The molecule has 0 unspecified atom stereocenters. The number of aliphatic carboxylic acids is 1. The van der Waals surface area contributed by atoms with Crippen LogP contribution >= 0.6 is 0 Å². The van der Waals surface area contributed by atoms with Crippen LogP contribution in [0.1, 0.15) is 40.0 Å². The topological polar surface area (TPSA) is 92.7 Å². The van der Waals surface area contributed by atoms with Crippen LogP contribution in [0.5, 0.6) is 0 Å². The Morgan fingerprint density at radius 3 is 2.28 bits per heavy atom. The summed E-state index contributed by atoms with van der Waals surface area (Å²) < 4.78 is 5.02. The van der Waals surface area contributed by atoms with Gasteiger partial charge >= 0.3 is 11.9 Å². The molecular weight excluding hydrogens is 238 g/mol. The van der Waals surface area contributed by atoms with Crippen LogP contribution in [0, 0.1) is 5.92 Å². The molecule has 102 valence electrons. The third-order valence-electron chi connectivity index (χ3n) is 2.35. The van der Waals surface area contributed by atoms with Crippen LogP contribution in [0.15, 0.2) is 0 Å². The molecule has 0 saturated heterocycles. The molecule has 18 heavy (non-hydrogen) atoms. The van der Waals surface area contributed by atoms with Crippen molar-refractivity contribution in [2.24, 2.45) is 5.92 Å². The molecule has 0 aromatic heterocycles. The van der Waals surface area contributed by atoms with Gasteiger partial charge in [-0.15, -0.1) is 0 Å². The molecule has 0 aromatic carbocycles. The lowest BCUT2D eigenvalue weighted by Crippen LogP contribution is -2.43. The fraction of sp³-hybridized carbons (Fsp3) is 0.750.